The van der Waals surface area contributed by atoms with Crippen LogP contribution in [0, 0.1) is 6.92 Å². The number of nitrogens with two attached hydrogens (primary N) is 1. The van der Waals surface area contributed by atoms with Gasteiger partial charge in [-0.1, -0.05) is 48.5 Å². The van der Waals surface area contributed by atoms with Crippen molar-refractivity contribution >= 4 is 50.0 Å². The van der Waals surface area contributed by atoms with Crippen molar-refractivity contribution < 1.29 is 18.4 Å². The number of pyridine rings is 2. The molecule has 2 aromatic carbocycles. The van der Waals surface area contributed by atoms with E-state index in [9.17, 15) is 18.4 Å². The average molecular weight is 569 g/mol. The number of nitrogens with zero attached hydrogens (tertiary/aromatic N) is 4. The first kappa shape index (κ1) is 26.2. The molecule has 3 N–H and O–H groups in total. The van der Waals surface area contributed by atoms with E-state index in [1.165, 1.54) is 6.07 Å². The van der Waals surface area contributed by atoms with Crippen LogP contribution >= 0.6 is 11.3 Å². The van der Waals surface area contributed by atoms with E-state index in [4.69, 9.17) is 10.7 Å². The number of amides is 2. The Bertz CT molecular complexity index is 1980. The predicted molar refractivity (Wildman–Crippen MR) is 155 cm³/mol. The number of thiophene rings is 1. The molecule has 4 aromatic heterocycles. The van der Waals surface area contributed by atoms with Crippen molar-refractivity contribution in [1.29, 1.82) is 0 Å². The fourth-order valence-electron chi connectivity index (χ4n) is 4.90. The van der Waals surface area contributed by atoms with Crippen LogP contribution in [0.25, 0.3) is 43.5 Å². The highest BCUT2D eigenvalue weighted by Gasteiger charge is 2.26. The summed E-state index contributed by atoms with van der Waals surface area (Å²) >= 11 is 0.861. The standard InChI is InChI=1S/C30H22F2N6O2S/c1-15-20(14-38(2)37-15)22-13-19(17-10-6-7-11-21(17)34-22)29(40)36-25-24-18(16-8-4-3-5-9-16)12-23(27(31)32)35-30(24)41-26(25)28(33)39/h3-14,27H,1-2H3,(H2,33,39)(H,36,40). The van der Waals surface area contributed by atoms with E-state index < -0.39 is 23.9 Å². The lowest BCUT2D eigenvalue weighted by atomic mass is 10.0. The second-order valence-electron chi connectivity index (χ2n) is 9.44. The van der Waals surface area contributed by atoms with Crippen molar-refractivity contribution in [3.05, 3.63) is 94.8 Å². The van der Waals surface area contributed by atoms with Crippen LogP contribution in [0.2, 0.25) is 0 Å². The van der Waals surface area contributed by atoms with Crippen LogP contribution in [-0.4, -0.2) is 31.6 Å². The Morgan fingerprint density at radius 3 is 2.41 bits per heavy atom. The lowest BCUT2D eigenvalue weighted by molar-refractivity contribution is 0.100. The summed E-state index contributed by atoms with van der Waals surface area (Å²) in [4.78, 5) is 35.6. The van der Waals surface area contributed by atoms with Crippen LogP contribution in [0.15, 0.2) is 72.9 Å². The van der Waals surface area contributed by atoms with E-state index in [-0.39, 0.29) is 15.4 Å². The molecule has 0 saturated heterocycles. The summed E-state index contributed by atoms with van der Waals surface area (Å²) in [6.07, 6.45) is -1.01. The number of primary amides is 1. The number of para-hydroxylation sites is 1. The van der Waals surface area contributed by atoms with Gasteiger partial charge in [-0.2, -0.15) is 5.10 Å². The molecule has 11 heteroatoms. The van der Waals surface area contributed by atoms with Gasteiger partial charge < -0.3 is 11.1 Å². The maximum Gasteiger partial charge on any atom is 0.280 e. The van der Waals surface area contributed by atoms with Gasteiger partial charge in [-0.15, -0.1) is 11.3 Å². The Morgan fingerprint density at radius 2 is 1.73 bits per heavy atom. The summed E-state index contributed by atoms with van der Waals surface area (Å²) in [6, 6.07) is 19.0. The monoisotopic (exact) mass is 568 g/mol. The van der Waals surface area contributed by atoms with Gasteiger partial charge in [-0.25, -0.2) is 18.7 Å². The number of carbonyl (C=O) groups excluding carboxylic acids is 2. The highest BCUT2D eigenvalue weighted by atomic mass is 32.1. The van der Waals surface area contributed by atoms with Gasteiger partial charge >= 0.3 is 0 Å². The molecule has 0 saturated carbocycles. The Balaban J connectivity index is 1.56. The average Bonchev–Trinajstić information content (AvgIpc) is 3.51. The van der Waals surface area contributed by atoms with Gasteiger partial charge in [0.25, 0.3) is 18.2 Å². The molecule has 0 atom stereocenters. The van der Waals surface area contributed by atoms with Crippen LogP contribution < -0.4 is 11.1 Å². The normalized spacial score (nSPS) is 11.4. The number of benzene rings is 2. The number of carbonyl (C=O) groups is 2. The third kappa shape index (κ3) is 4.70. The molecule has 0 unspecified atom stereocenters. The molecule has 0 aliphatic heterocycles. The van der Waals surface area contributed by atoms with Crippen LogP contribution in [0.4, 0.5) is 14.5 Å². The smallest absolute Gasteiger partial charge is 0.280 e. The molecule has 204 valence electrons. The number of hydrogen-bond acceptors (Lipinski definition) is 6. The number of halogens is 2. The van der Waals surface area contributed by atoms with Crippen molar-refractivity contribution in [3.8, 4) is 22.4 Å². The van der Waals surface area contributed by atoms with Crippen LogP contribution in [0.1, 0.15) is 37.8 Å². The Morgan fingerprint density at radius 1 is 1.00 bits per heavy atom. The maximum absolute atomic E-state index is 14.0. The molecule has 0 aliphatic rings. The molecule has 2 amide bonds. The van der Waals surface area contributed by atoms with Crippen LogP contribution in [-0.2, 0) is 7.05 Å². The number of rotatable bonds is 6. The van der Waals surface area contributed by atoms with Gasteiger partial charge in [-0.3, -0.25) is 14.3 Å². The summed E-state index contributed by atoms with van der Waals surface area (Å²) in [5.41, 5.74) is 9.38. The molecule has 0 spiro atoms. The second kappa shape index (κ2) is 10.2. The highest BCUT2D eigenvalue weighted by molar-refractivity contribution is 7.21. The van der Waals surface area contributed by atoms with E-state index in [1.54, 1.807) is 66.3 Å². The zero-order valence-corrected chi connectivity index (χ0v) is 22.7. The highest BCUT2D eigenvalue weighted by Crippen LogP contribution is 2.43. The molecule has 4 heterocycles. The van der Waals surface area contributed by atoms with Crippen LogP contribution in [0.5, 0.6) is 0 Å². The number of aromatic nitrogens is 4. The minimum Gasteiger partial charge on any atom is -0.365 e. The van der Waals surface area contributed by atoms with E-state index in [0.717, 1.165) is 22.6 Å². The summed E-state index contributed by atoms with van der Waals surface area (Å²) in [5.74, 6) is -1.34. The van der Waals surface area contributed by atoms with Gasteiger partial charge in [-0.05, 0) is 36.2 Å². The van der Waals surface area contributed by atoms with Gasteiger partial charge in [0.05, 0.1) is 28.2 Å². The molecule has 41 heavy (non-hydrogen) atoms. The van der Waals surface area contributed by atoms with E-state index in [1.807, 2.05) is 19.2 Å². The molecule has 0 aliphatic carbocycles. The second-order valence-corrected chi connectivity index (χ2v) is 10.4. The van der Waals surface area contributed by atoms with Crippen molar-refractivity contribution in [2.45, 2.75) is 13.3 Å². The molecular weight excluding hydrogens is 546 g/mol. The molecule has 0 fully saturated rings. The Hall–Kier alpha value is -5.03. The number of fused-ring (bicyclic) bond motifs is 2. The minimum absolute atomic E-state index is 0.00568. The quantitative estimate of drug-likeness (QED) is 0.238. The first-order chi connectivity index (χ1) is 19.7. The molecule has 6 aromatic rings. The first-order valence-electron chi connectivity index (χ1n) is 12.5. The van der Waals surface area contributed by atoms with Crippen molar-refractivity contribution in [2.75, 3.05) is 5.32 Å². The zero-order chi connectivity index (χ0) is 28.8. The van der Waals surface area contributed by atoms with Gasteiger partial charge in [0.15, 0.2) is 0 Å². The first-order valence-corrected chi connectivity index (χ1v) is 13.4. The summed E-state index contributed by atoms with van der Waals surface area (Å²) in [6.45, 7) is 1.86. The lowest BCUT2D eigenvalue weighted by Gasteiger charge is -2.13. The third-order valence-electron chi connectivity index (χ3n) is 6.70. The van der Waals surface area contributed by atoms with E-state index in [0.29, 0.717) is 38.7 Å². The number of aryl methyl sites for hydroxylation is 2. The fraction of sp³-hybridized carbons (Fsp3) is 0.100. The lowest BCUT2D eigenvalue weighted by Crippen LogP contribution is -2.17. The molecule has 8 nitrogen and oxygen atoms in total. The number of hydrogen-bond donors (Lipinski definition) is 2. The van der Waals surface area contributed by atoms with Crippen molar-refractivity contribution in [2.24, 2.45) is 12.8 Å². The predicted octanol–water partition coefficient (Wildman–Crippen LogP) is 6.51. The number of nitrogens with one attached hydrogen (secondary N) is 1. The summed E-state index contributed by atoms with van der Waals surface area (Å²) < 4.78 is 29.3. The Kier molecular flexibility index (Phi) is 6.50. The van der Waals surface area contributed by atoms with E-state index >= 15 is 0 Å². The minimum atomic E-state index is -2.84. The van der Waals surface area contributed by atoms with Gasteiger partial charge in [0.2, 0.25) is 0 Å². The molecule has 0 bridgehead atoms. The molecule has 0 radical (unpaired) electrons. The van der Waals surface area contributed by atoms with Crippen molar-refractivity contribution in [3.63, 3.8) is 0 Å². The fourth-order valence-corrected chi connectivity index (χ4v) is 5.91. The summed E-state index contributed by atoms with van der Waals surface area (Å²) in [7, 11) is 1.80. The Labute approximate surface area is 236 Å². The van der Waals surface area contributed by atoms with Gasteiger partial charge in [0.1, 0.15) is 15.4 Å². The maximum atomic E-state index is 14.0. The number of anilines is 1. The SMILES string of the molecule is Cc1nn(C)cc1-c1cc(C(=O)Nc2c(C(N)=O)sc3nc(C(F)F)cc(-c4ccccc4)c23)c2ccccc2n1. The van der Waals surface area contributed by atoms with Gasteiger partial charge in [0, 0.05) is 29.6 Å². The zero-order valence-electron chi connectivity index (χ0n) is 21.9. The molecular formula is C30H22F2N6O2S. The van der Waals surface area contributed by atoms with E-state index in [2.05, 4.69) is 15.4 Å². The van der Waals surface area contributed by atoms with Crippen molar-refractivity contribution in [1.82, 2.24) is 19.7 Å². The summed E-state index contributed by atoms with van der Waals surface area (Å²) in [5, 5.41) is 8.22. The largest absolute Gasteiger partial charge is 0.365 e. The topological polar surface area (TPSA) is 116 Å². The third-order valence-corrected chi connectivity index (χ3v) is 7.80. The van der Waals surface area contributed by atoms with Crippen LogP contribution in [0.3, 0.4) is 0 Å². The molecule has 6 rings (SSSR count). The number of alkyl halides is 2.